The summed E-state index contributed by atoms with van der Waals surface area (Å²) in [4.78, 5) is 14.1. The molecule has 150 valence electrons. The van der Waals surface area contributed by atoms with Gasteiger partial charge in [0.15, 0.2) is 9.84 Å². The fraction of sp³-hybridized carbons (Fsp3) is 0.824. The van der Waals surface area contributed by atoms with Gasteiger partial charge in [-0.1, -0.05) is 18.9 Å². The number of hydrogen-bond donors (Lipinski definition) is 1. The fourth-order valence-electron chi connectivity index (χ4n) is 3.92. The van der Waals surface area contributed by atoms with Crippen LogP contribution >= 0.6 is 0 Å². The highest BCUT2D eigenvalue weighted by atomic mass is 32.2. The van der Waals surface area contributed by atoms with Crippen molar-refractivity contribution in [3.05, 3.63) is 11.5 Å². The van der Waals surface area contributed by atoms with Gasteiger partial charge in [0.25, 0.3) is 0 Å². The third kappa shape index (κ3) is 5.89. The molecule has 3 atom stereocenters. The van der Waals surface area contributed by atoms with E-state index in [1.54, 1.807) is 6.92 Å². The molecule has 1 aliphatic heterocycles. The number of halogens is 3. The summed E-state index contributed by atoms with van der Waals surface area (Å²) in [7, 11) is -3.30. The van der Waals surface area contributed by atoms with Crippen molar-refractivity contribution in [2.24, 2.45) is 11.8 Å². The van der Waals surface area contributed by atoms with Crippen LogP contribution in [0.3, 0.4) is 0 Å². The minimum absolute atomic E-state index is 0.0465. The van der Waals surface area contributed by atoms with Crippen LogP contribution < -0.4 is 5.32 Å². The highest BCUT2D eigenvalue weighted by Gasteiger charge is 2.47. The molecular weight excluding hydrogens is 369 g/mol. The minimum atomic E-state index is -4.23. The van der Waals surface area contributed by atoms with E-state index in [4.69, 9.17) is 0 Å². The predicted molar refractivity (Wildman–Crippen MR) is 93.2 cm³/mol. The molecule has 9 heteroatoms. The van der Waals surface area contributed by atoms with E-state index in [-0.39, 0.29) is 25.3 Å². The van der Waals surface area contributed by atoms with E-state index in [1.807, 2.05) is 0 Å². The van der Waals surface area contributed by atoms with Crippen molar-refractivity contribution in [1.82, 2.24) is 10.2 Å². The van der Waals surface area contributed by atoms with Gasteiger partial charge in [0.2, 0.25) is 0 Å². The zero-order valence-corrected chi connectivity index (χ0v) is 15.9. The normalized spacial score (nSPS) is 27.0. The van der Waals surface area contributed by atoms with Gasteiger partial charge in [0, 0.05) is 30.3 Å². The first-order chi connectivity index (χ1) is 12.0. The zero-order valence-electron chi connectivity index (χ0n) is 15.1. The second-order valence-electron chi connectivity index (χ2n) is 7.46. The van der Waals surface area contributed by atoms with Crippen LogP contribution in [0.2, 0.25) is 0 Å². The molecule has 1 saturated heterocycles. The van der Waals surface area contributed by atoms with Crippen LogP contribution in [-0.4, -0.2) is 50.4 Å². The molecule has 0 spiro atoms. The van der Waals surface area contributed by atoms with Gasteiger partial charge < -0.3 is 10.2 Å². The fourth-order valence-corrected chi connectivity index (χ4v) is 4.44. The number of nitrogens with zero attached hydrogens (tertiary/aromatic N) is 1. The van der Waals surface area contributed by atoms with Crippen molar-refractivity contribution < 1.29 is 26.4 Å². The second kappa shape index (κ2) is 8.19. The Balaban J connectivity index is 2.07. The van der Waals surface area contributed by atoms with E-state index in [2.05, 4.69) is 5.32 Å². The van der Waals surface area contributed by atoms with Gasteiger partial charge in [0.1, 0.15) is 0 Å². The van der Waals surface area contributed by atoms with E-state index < -0.39 is 40.0 Å². The average Bonchev–Trinajstić information content (AvgIpc) is 3.05. The summed E-state index contributed by atoms with van der Waals surface area (Å²) in [5.74, 6) is -1.26. The molecule has 0 radical (unpaired) electrons. The molecule has 2 aliphatic rings. The Labute approximate surface area is 152 Å². The summed E-state index contributed by atoms with van der Waals surface area (Å²) in [5.41, 5.74) is 0. The molecule has 2 amide bonds. The van der Waals surface area contributed by atoms with Gasteiger partial charge in [-0.3, -0.25) is 0 Å². The van der Waals surface area contributed by atoms with E-state index in [0.717, 1.165) is 37.3 Å². The van der Waals surface area contributed by atoms with E-state index in [0.29, 0.717) is 0 Å². The summed E-state index contributed by atoms with van der Waals surface area (Å²) in [5, 5.41) is 3.70. The molecule has 1 saturated carbocycles. The highest BCUT2D eigenvalue weighted by Crippen LogP contribution is 2.42. The number of hydrogen-bond acceptors (Lipinski definition) is 3. The van der Waals surface area contributed by atoms with Gasteiger partial charge >= 0.3 is 12.2 Å². The summed E-state index contributed by atoms with van der Waals surface area (Å²) >= 11 is 0. The Hall–Kier alpha value is -1.25. The lowest BCUT2D eigenvalue weighted by atomic mass is 9.83. The van der Waals surface area contributed by atoms with Crippen molar-refractivity contribution in [2.45, 2.75) is 63.7 Å². The molecular formula is C17H27F3N2O3S. The number of nitrogens with one attached hydrogen (secondary N) is 1. The molecule has 2 fully saturated rings. The topological polar surface area (TPSA) is 66.5 Å². The molecule has 1 heterocycles. The van der Waals surface area contributed by atoms with E-state index >= 15 is 0 Å². The standard InChI is InChI=1S/C17H27F3N2O3S/c1-12(8-10-26(2,24)25)21-16(23)22-9-7-14(17(18,19)20)11-15(22)13-5-3-4-6-13/h8,10,12-15H,3-7,9,11H2,1-2H3,(H,21,23)/b10-8+/t12-,14-,15+/m0/s1. The lowest BCUT2D eigenvalue weighted by molar-refractivity contribution is -0.189. The summed E-state index contributed by atoms with van der Waals surface area (Å²) in [6.07, 6.45) is 1.72. The lowest BCUT2D eigenvalue weighted by Crippen LogP contribution is -2.55. The number of alkyl halides is 3. The van der Waals surface area contributed by atoms with Crippen molar-refractivity contribution in [2.75, 3.05) is 12.8 Å². The Morgan fingerprint density at radius 3 is 2.38 bits per heavy atom. The molecule has 0 unspecified atom stereocenters. The Kier molecular flexibility index (Phi) is 6.63. The van der Waals surface area contributed by atoms with Gasteiger partial charge in [-0.2, -0.15) is 13.2 Å². The molecule has 1 N–H and O–H groups in total. The van der Waals surface area contributed by atoms with Crippen molar-refractivity contribution in [1.29, 1.82) is 0 Å². The third-order valence-electron chi connectivity index (χ3n) is 5.28. The predicted octanol–water partition coefficient (Wildman–Crippen LogP) is 3.48. The first kappa shape index (κ1) is 21.1. The maximum Gasteiger partial charge on any atom is 0.391 e. The molecule has 0 aromatic heterocycles. The average molecular weight is 396 g/mol. The van der Waals surface area contributed by atoms with Crippen LogP contribution in [0.5, 0.6) is 0 Å². The number of rotatable bonds is 4. The number of sulfone groups is 1. The van der Waals surface area contributed by atoms with Crippen LogP contribution in [0, 0.1) is 11.8 Å². The van der Waals surface area contributed by atoms with Gasteiger partial charge in [0.05, 0.1) is 5.92 Å². The summed E-state index contributed by atoms with van der Waals surface area (Å²) in [6, 6.07) is -1.36. The number of carbonyl (C=O) groups excluding carboxylic acids is 1. The highest BCUT2D eigenvalue weighted by molar-refractivity contribution is 7.93. The SMILES string of the molecule is C[C@@H](/C=C/S(C)(=O)=O)NC(=O)N1CC[C@H](C(F)(F)F)C[C@@H]1C1CCCC1. The van der Waals surface area contributed by atoms with Crippen molar-refractivity contribution in [3.63, 3.8) is 0 Å². The molecule has 5 nitrogen and oxygen atoms in total. The number of amides is 2. The maximum absolute atomic E-state index is 13.2. The Morgan fingerprint density at radius 2 is 1.85 bits per heavy atom. The van der Waals surface area contributed by atoms with Crippen molar-refractivity contribution in [3.8, 4) is 0 Å². The second-order valence-corrected chi connectivity index (χ2v) is 9.40. The molecule has 0 aromatic carbocycles. The lowest BCUT2D eigenvalue weighted by Gasteiger charge is -2.43. The summed E-state index contributed by atoms with van der Waals surface area (Å²) < 4.78 is 61.8. The molecule has 0 bridgehead atoms. The molecule has 26 heavy (non-hydrogen) atoms. The molecule has 0 aromatic rings. The van der Waals surface area contributed by atoms with E-state index in [9.17, 15) is 26.4 Å². The summed E-state index contributed by atoms with van der Waals surface area (Å²) in [6.45, 7) is 1.70. The zero-order chi connectivity index (χ0) is 19.5. The smallest absolute Gasteiger partial charge is 0.332 e. The first-order valence-corrected chi connectivity index (χ1v) is 10.9. The van der Waals surface area contributed by atoms with Crippen LogP contribution in [-0.2, 0) is 9.84 Å². The van der Waals surface area contributed by atoms with Gasteiger partial charge in [-0.15, -0.1) is 0 Å². The van der Waals surface area contributed by atoms with Gasteiger partial charge in [-0.05, 0) is 38.5 Å². The quantitative estimate of drug-likeness (QED) is 0.791. The largest absolute Gasteiger partial charge is 0.391 e. The molecule has 1 aliphatic carbocycles. The minimum Gasteiger partial charge on any atom is -0.332 e. The van der Waals surface area contributed by atoms with E-state index in [1.165, 1.54) is 11.0 Å². The third-order valence-corrected chi connectivity index (χ3v) is 5.93. The Morgan fingerprint density at radius 1 is 1.23 bits per heavy atom. The van der Waals surface area contributed by atoms with Gasteiger partial charge in [-0.25, -0.2) is 13.2 Å². The number of likely N-dealkylation sites (tertiary alicyclic amines) is 1. The first-order valence-electron chi connectivity index (χ1n) is 8.99. The number of piperidine rings is 1. The monoisotopic (exact) mass is 396 g/mol. The number of urea groups is 1. The van der Waals surface area contributed by atoms with Crippen LogP contribution in [0.25, 0.3) is 0 Å². The van der Waals surface area contributed by atoms with Crippen LogP contribution in [0.4, 0.5) is 18.0 Å². The van der Waals surface area contributed by atoms with Crippen LogP contribution in [0.15, 0.2) is 11.5 Å². The molecule has 2 rings (SSSR count). The van der Waals surface area contributed by atoms with Crippen molar-refractivity contribution >= 4 is 15.9 Å². The van der Waals surface area contributed by atoms with Crippen LogP contribution in [0.1, 0.15) is 45.4 Å². The number of carbonyl (C=O) groups is 1. The Bertz CT molecular complexity index is 628. The maximum atomic E-state index is 13.2.